The number of halogens is 1. The number of hydrogen-bond donors (Lipinski definition) is 3. The van der Waals surface area contributed by atoms with Crippen LogP contribution >= 0.6 is 22.9 Å². The Hall–Kier alpha value is -2.58. The summed E-state index contributed by atoms with van der Waals surface area (Å²) < 4.78 is 60.6. The quantitative estimate of drug-likeness (QED) is 0.358. The minimum absolute atomic E-state index is 0.00332. The molecule has 0 radical (unpaired) electrons. The van der Waals surface area contributed by atoms with Crippen LogP contribution in [0.1, 0.15) is 33.2 Å². The predicted octanol–water partition coefficient (Wildman–Crippen LogP) is 1.96. The second-order valence-electron chi connectivity index (χ2n) is 9.05. The molecule has 1 amide bonds. The summed E-state index contributed by atoms with van der Waals surface area (Å²) in [6, 6.07) is 8.04. The van der Waals surface area contributed by atoms with Crippen molar-refractivity contribution in [3.05, 3.63) is 44.9 Å². The van der Waals surface area contributed by atoms with E-state index >= 15 is 0 Å². The summed E-state index contributed by atoms with van der Waals surface area (Å²) >= 11 is 7.16. The molecular weight excluding hydrogens is 576 g/mol. The third kappa shape index (κ3) is 5.17. The number of hydrogen-bond acceptors (Lipinski definition) is 9. The van der Waals surface area contributed by atoms with Crippen LogP contribution in [0.5, 0.6) is 0 Å². The number of aromatic amines is 1. The molecule has 1 saturated heterocycles. The highest BCUT2D eigenvalue weighted by Crippen LogP contribution is 2.29. The van der Waals surface area contributed by atoms with Crippen LogP contribution in [0.2, 0.25) is 5.02 Å². The fraction of sp³-hybridized carbons (Fsp3) is 0.409. The van der Waals surface area contributed by atoms with E-state index in [0.29, 0.717) is 26.5 Å². The Balaban J connectivity index is 1.37. The summed E-state index contributed by atoms with van der Waals surface area (Å²) in [5, 5.41) is 12.0. The Morgan fingerprint density at radius 3 is 2.79 bits per heavy atom. The summed E-state index contributed by atoms with van der Waals surface area (Å²) in [4.78, 5) is 23.0. The number of carbonyl (C=O) groups excluding carboxylic acids is 1. The molecular formula is C22H23ClN6O6S3. The monoisotopic (exact) mass is 598 g/mol. The Bertz CT molecular complexity index is 1660. The minimum Gasteiger partial charge on any atom is -0.345 e. The van der Waals surface area contributed by atoms with Gasteiger partial charge in [-0.2, -0.15) is 18.0 Å². The van der Waals surface area contributed by atoms with Crippen molar-refractivity contribution in [3.8, 4) is 6.07 Å². The predicted molar refractivity (Wildman–Crippen MR) is 140 cm³/mol. The molecule has 0 aliphatic carbocycles. The summed E-state index contributed by atoms with van der Waals surface area (Å²) in [5.74, 6) is -0.409. The van der Waals surface area contributed by atoms with E-state index in [-0.39, 0.29) is 55.5 Å². The molecule has 38 heavy (non-hydrogen) atoms. The molecule has 202 valence electrons. The van der Waals surface area contributed by atoms with Crippen molar-refractivity contribution in [1.82, 2.24) is 24.5 Å². The third-order valence-corrected chi connectivity index (χ3v) is 10.8. The number of sulfonamides is 1. The molecule has 0 spiro atoms. The van der Waals surface area contributed by atoms with E-state index in [4.69, 9.17) is 16.9 Å². The number of nitrogens with one attached hydrogen (secondary N) is 2. The van der Waals surface area contributed by atoms with E-state index in [1.165, 1.54) is 15.3 Å². The second kappa shape index (κ2) is 10.2. The van der Waals surface area contributed by atoms with Crippen LogP contribution in [0.15, 0.2) is 29.3 Å². The van der Waals surface area contributed by atoms with Crippen molar-refractivity contribution in [1.29, 1.82) is 5.26 Å². The zero-order valence-corrected chi connectivity index (χ0v) is 23.0. The van der Waals surface area contributed by atoms with E-state index in [1.54, 1.807) is 18.2 Å². The Morgan fingerprint density at radius 2 is 2.05 bits per heavy atom. The molecule has 2 atom stereocenters. The number of aromatic nitrogens is 2. The highest BCUT2D eigenvalue weighted by atomic mass is 35.5. The summed E-state index contributed by atoms with van der Waals surface area (Å²) in [5.41, 5.74) is 1.05. The topological polar surface area (TPSA) is 177 Å². The Kier molecular flexibility index (Phi) is 7.24. The number of rotatable bonds is 6. The fourth-order valence-corrected chi connectivity index (χ4v) is 8.03. The molecule has 16 heteroatoms. The van der Waals surface area contributed by atoms with Gasteiger partial charge in [-0.3, -0.25) is 14.7 Å². The molecule has 3 aromatic rings. The molecule has 1 fully saturated rings. The molecule has 1 aromatic carbocycles. The Labute approximate surface area is 228 Å². The number of nitrogens with zero attached hydrogens (tertiary/aromatic N) is 4. The first-order valence-corrected chi connectivity index (χ1v) is 15.8. The summed E-state index contributed by atoms with van der Waals surface area (Å²) in [6.45, 7) is 0.286. The van der Waals surface area contributed by atoms with E-state index in [1.807, 2.05) is 0 Å². The van der Waals surface area contributed by atoms with Crippen molar-refractivity contribution >= 4 is 59.9 Å². The van der Waals surface area contributed by atoms with Gasteiger partial charge >= 0.3 is 0 Å². The second-order valence-corrected chi connectivity index (χ2v) is 14.1. The van der Waals surface area contributed by atoms with Crippen LogP contribution < -0.4 is 5.32 Å². The maximum absolute atomic E-state index is 13.5. The maximum atomic E-state index is 13.5. The first-order chi connectivity index (χ1) is 18.0. The van der Waals surface area contributed by atoms with E-state index < -0.39 is 37.5 Å². The van der Waals surface area contributed by atoms with Crippen LogP contribution in [-0.2, 0) is 33.1 Å². The fourth-order valence-electron chi connectivity index (χ4n) is 4.71. The lowest BCUT2D eigenvalue weighted by Crippen LogP contribution is -2.56. The molecule has 2 unspecified atom stereocenters. The molecule has 3 N–H and O–H groups in total. The molecule has 0 saturated carbocycles. The SMILES string of the molecule is N#CCCC1CN(S(=O)(=O)c2cc3cc(Cl)ccc3[nH]2)CCN1C(=O)c1nc2c(s1)CNC(S(=O)(=O)O)C2. The van der Waals surface area contributed by atoms with E-state index in [2.05, 4.69) is 21.4 Å². The number of fused-ring (bicyclic) bond motifs is 2. The van der Waals surface area contributed by atoms with Crippen LogP contribution in [0.25, 0.3) is 10.9 Å². The van der Waals surface area contributed by atoms with Crippen molar-refractivity contribution in [2.75, 3.05) is 19.6 Å². The molecule has 2 aliphatic rings. The number of amides is 1. The first kappa shape index (κ1) is 27.0. The van der Waals surface area contributed by atoms with E-state index in [0.717, 1.165) is 11.3 Å². The van der Waals surface area contributed by atoms with Crippen LogP contribution in [0.4, 0.5) is 0 Å². The molecule has 2 aromatic heterocycles. The number of piperazine rings is 1. The van der Waals surface area contributed by atoms with Gasteiger partial charge in [0.1, 0.15) is 10.4 Å². The smallest absolute Gasteiger partial charge is 0.283 e. The average molecular weight is 599 g/mol. The Morgan fingerprint density at radius 1 is 1.26 bits per heavy atom. The highest BCUT2D eigenvalue weighted by molar-refractivity contribution is 7.89. The average Bonchev–Trinajstić information content (AvgIpc) is 3.50. The standard InChI is InChI=1S/C22H23ClN6O6S3/c23-14-3-4-16-13(8-14)9-20(26-16)37(31,32)28-6-7-29(15(12-28)2-1-5-24)22(30)21-27-17-10-19(38(33,34)35)25-11-18(17)36-21/h3-4,8-9,15,19,25-26H,1-2,6-7,10-12H2,(H,33,34,35). The number of H-pyrrole nitrogens is 1. The lowest BCUT2D eigenvalue weighted by atomic mass is 10.1. The highest BCUT2D eigenvalue weighted by Gasteiger charge is 2.39. The lowest BCUT2D eigenvalue weighted by molar-refractivity contribution is 0.0552. The zero-order chi connectivity index (χ0) is 27.2. The molecule has 2 aliphatic heterocycles. The van der Waals surface area contributed by atoms with Crippen molar-refractivity contribution < 1.29 is 26.2 Å². The number of carbonyl (C=O) groups is 1. The van der Waals surface area contributed by atoms with Gasteiger partial charge in [-0.15, -0.1) is 11.3 Å². The third-order valence-electron chi connectivity index (χ3n) is 6.66. The van der Waals surface area contributed by atoms with Gasteiger partial charge in [-0.1, -0.05) is 11.6 Å². The van der Waals surface area contributed by atoms with Gasteiger partial charge in [0.05, 0.1) is 11.8 Å². The van der Waals surface area contributed by atoms with Crippen molar-refractivity contribution in [3.63, 3.8) is 0 Å². The first-order valence-electron chi connectivity index (χ1n) is 11.6. The van der Waals surface area contributed by atoms with Crippen LogP contribution in [-0.4, -0.2) is 77.5 Å². The van der Waals surface area contributed by atoms with E-state index in [9.17, 15) is 26.2 Å². The van der Waals surface area contributed by atoms with Gasteiger partial charge in [0.2, 0.25) is 0 Å². The largest absolute Gasteiger partial charge is 0.345 e. The molecule has 4 heterocycles. The van der Waals surface area contributed by atoms with Crippen molar-refractivity contribution in [2.24, 2.45) is 0 Å². The van der Waals surface area contributed by atoms with Crippen LogP contribution in [0.3, 0.4) is 0 Å². The number of benzene rings is 1. The van der Waals surface area contributed by atoms with Gasteiger partial charge < -0.3 is 9.88 Å². The summed E-state index contributed by atoms with van der Waals surface area (Å²) in [7, 11) is -8.24. The molecule has 0 bridgehead atoms. The minimum atomic E-state index is -4.32. The van der Waals surface area contributed by atoms with Gasteiger partial charge in [0.15, 0.2) is 5.01 Å². The normalized spacial score (nSPS) is 20.8. The number of thiazole rings is 1. The number of nitriles is 1. The maximum Gasteiger partial charge on any atom is 0.283 e. The summed E-state index contributed by atoms with van der Waals surface area (Å²) in [6.07, 6.45) is 0.327. The zero-order valence-electron chi connectivity index (χ0n) is 19.8. The van der Waals surface area contributed by atoms with Gasteiger partial charge in [-0.25, -0.2) is 13.4 Å². The van der Waals surface area contributed by atoms with Gasteiger partial charge in [-0.05, 0) is 30.7 Å². The molecule has 5 rings (SSSR count). The van der Waals surface area contributed by atoms with Gasteiger partial charge in [0.25, 0.3) is 26.0 Å². The van der Waals surface area contributed by atoms with Crippen molar-refractivity contribution in [2.45, 2.75) is 42.2 Å². The lowest BCUT2D eigenvalue weighted by Gasteiger charge is -2.40. The van der Waals surface area contributed by atoms with Gasteiger partial charge in [0, 0.05) is 65.9 Å². The molecule has 12 nitrogen and oxygen atoms in total. The van der Waals surface area contributed by atoms with Crippen LogP contribution in [0, 0.1) is 11.3 Å².